The summed E-state index contributed by atoms with van der Waals surface area (Å²) in [6, 6.07) is 41.9. The number of nitrogens with one attached hydrogen (secondary N) is 1. The van der Waals surface area contributed by atoms with Crippen molar-refractivity contribution in [2.24, 2.45) is 0 Å². The van der Waals surface area contributed by atoms with E-state index in [1.54, 1.807) is 31.4 Å². The van der Waals surface area contributed by atoms with Gasteiger partial charge in [-0.15, -0.1) is 0 Å². The van der Waals surface area contributed by atoms with Crippen LogP contribution in [0.3, 0.4) is 0 Å². The lowest BCUT2D eigenvalue weighted by atomic mass is 10.00. The molecule has 0 aliphatic carbocycles. The Bertz CT molecular complexity index is 1710. The number of rotatable bonds is 16. The first-order valence-corrected chi connectivity index (χ1v) is 15.7. The second-order valence-electron chi connectivity index (χ2n) is 11.1. The number of para-hydroxylation sites is 2. The molecule has 1 atom stereocenters. The molecular weight excluding hydrogens is 588 g/mol. The maximum Gasteiger partial charge on any atom is 0.328 e. The molecule has 0 amide bonds. The van der Waals surface area contributed by atoms with Gasteiger partial charge in [0, 0.05) is 42.0 Å². The zero-order chi connectivity index (χ0) is 32.8. The summed E-state index contributed by atoms with van der Waals surface area (Å²) in [7, 11) is 3.04. The molecule has 0 spiro atoms. The van der Waals surface area contributed by atoms with Crippen LogP contribution in [0.25, 0.3) is 0 Å². The summed E-state index contributed by atoms with van der Waals surface area (Å²) in [5, 5.41) is 3.26. The number of esters is 1. The number of hydrogen-bond acceptors (Lipinski definition) is 7. The van der Waals surface area contributed by atoms with E-state index < -0.39 is 12.0 Å². The molecule has 0 bridgehead atoms. The Morgan fingerprint density at radius 3 is 2.00 bits per heavy atom. The van der Waals surface area contributed by atoms with Gasteiger partial charge in [-0.2, -0.15) is 0 Å². The van der Waals surface area contributed by atoms with Crippen LogP contribution in [0.2, 0.25) is 0 Å². The molecule has 5 aromatic rings. The van der Waals surface area contributed by atoms with Crippen LogP contribution in [0.15, 0.2) is 133 Å². The van der Waals surface area contributed by atoms with Gasteiger partial charge in [-0.05, 0) is 66.1 Å². The van der Waals surface area contributed by atoms with Crippen LogP contribution in [-0.2, 0) is 22.5 Å². The molecule has 0 aliphatic heterocycles. The quantitative estimate of drug-likeness (QED) is 0.0685. The van der Waals surface area contributed by atoms with Gasteiger partial charge >= 0.3 is 5.97 Å². The Labute approximate surface area is 276 Å². The van der Waals surface area contributed by atoms with Gasteiger partial charge in [0.25, 0.3) is 0 Å². The van der Waals surface area contributed by atoms with Crippen molar-refractivity contribution in [2.45, 2.75) is 25.4 Å². The molecule has 5 aromatic carbocycles. The number of benzene rings is 5. The standard InChI is InChI=1S/C40H40N2O5/c1-45-34-22-20-31(21-23-34)29-42(33-14-7-4-8-15-33)26-11-27-47-35-24-18-30(19-25-35)28-38(40(44)46-2)41-37-17-10-9-16-36(37)39(43)32-12-5-3-6-13-32/h3-10,12-25,38,41H,11,26-29H2,1-2H3/t38-/m0/s1. The smallest absolute Gasteiger partial charge is 0.328 e. The number of anilines is 2. The minimum atomic E-state index is -0.689. The van der Waals surface area contributed by atoms with Gasteiger partial charge in [0.05, 0.1) is 20.8 Å². The van der Waals surface area contributed by atoms with E-state index in [1.807, 2.05) is 72.8 Å². The zero-order valence-corrected chi connectivity index (χ0v) is 26.8. The van der Waals surface area contributed by atoms with Crippen molar-refractivity contribution in [3.8, 4) is 11.5 Å². The average molecular weight is 629 g/mol. The first kappa shape index (κ1) is 32.8. The summed E-state index contributed by atoms with van der Waals surface area (Å²) < 4.78 is 16.5. The van der Waals surface area contributed by atoms with Gasteiger partial charge in [-0.1, -0.05) is 84.9 Å². The van der Waals surface area contributed by atoms with Crippen molar-refractivity contribution in [2.75, 3.05) is 37.6 Å². The van der Waals surface area contributed by atoms with Gasteiger partial charge in [0.1, 0.15) is 17.5 Å². The lowest BCUT2D eigenvalue weighted by molar-refractivity contribution is -0.141. The predicted molar refractivity (Wildman–Crippen MR) is 186 cm³/mol. The molecule has 7 nitrogen and oxygen atoms in total. The highest BCUT2D eigenvalue weighted by Gasteiger charge is 2.22. The summed E-state index contributed by atoms with van der Waals surface area (Å²) in [5.41, 5.74) is 4.95. The van der Waals surface area contributed by atoms with Crippen LogP contribution in [0.5, 0.6) is 11.5 Å². The molecule has 0 radical (unpaired) electrons. The number of methoxy groups -OCH3 is 2. The van der Waals surface area contributed by atoms with Crippen molar-refractivity contribution < 1.29 is 23.8 Å². The molecule has 240 valence electrons. The molecule has 0 unspecified atom stereocenters. The predicted octanol–water partition coefficient (Wildman–Crippen LogP) is 7.60. The van der Waals surface area contributed by atoms with Crippen LogP contribution < -0.4 is 19.7 Å². The molecule has 0 saturated heterocycles. The van der Waals surface area contributed by atoms with Crippen LogP contribution in [0.4, 0.5) is 11.4 Å². The molecule has 1 N–H and O–H groups in total. The molecule has 0 fully saturated rings. The Morgan fingerprint density at radius 2 is 1.32 bits per heavy atom. The molecule has 5 rings (SSSR count). The largest absolute Gasteiger partial charge is 0.497 e. The average Bonchev–Trinajstić information content (AvgIpc) is 3.13. The fraction of sp³-hybridized carbons (Fsp3) is 0.200. The summed E-state index contributed by atoms with van der Waals surface area (Å²) >= 11 is 0. The van der Waals surface area contributed by atoms with Crippen LogP contribution in [-0.4, -0.2) is 45.2 Å². The molecule has 47 heavy (non-hydrogen) atoms. The van der Waals surface area contributed by atoms with Crippen molar-refractivity contribution in [3.63, 3.8) is 0 Å². The topological polar surface area (TPSA) is 77.1 Å². The summed E-state index contributed by atoms with van der Waals surface area (Å²) in [5.74, 6) is 1.07. The fourth-order valence-corrected chi connectivity index (χ4v) is 5.37. The Balaban J connectivity index is 1.18. The minimum absolute atomic E-state index is 0.119. The lowest BCUT2D eigenvalue weighted by Crippen LogP contribution is -2.33. The van der Waals surface area contributed by atoms with E-state index >= 15 is 0 Å². The maximum absolute atomic E-state index is 13.2. The minimum Gasteiger partial charge on any atom is -0.497 e. The molecule has 7 heteroatoms. The number of hydrogen-bond donors (Lipinski definition) is 1. The van der Waals surface area contributed by atoms with Gasteiger partial charge in [0.2, 0.25) is 0 Å². The van der Waals surface area contributed by atoms with Crippen molar-refractivity contribution in [1.82, 2.24) is 0 Å². The summed E-state index contributed by atoms with van der Waals surface area (Å²) in [6.45, 7) is 2.17. The van der Waals surface area contributed by atoms with Crippen molar-refractivity contribution >= 4 is 23.1 Å². The Morgan fingerprint density at radius 1 is 0.702 bits per heavy atom. The first-order chi connectivity index (χ1) is 23.0. The number of ketones is 1. The Kier molecular flexibility index (Phi) is 11.6. The van der Waals surface area contributed by atoms with E-state index in [4.69, 9.17) is 14.2 Å². The molecule has 0 saturated carbocycles. The highest BCUT2D eigenvalue weighted by molar-refractivity contribution is 6.12. The molecule has 0 aromatic heterocycles. The van der Waals surface area contributed by atoms with E-state index in [0.29, 0.717) is 29.8 Å². The van der Waals surface area contributed by atoms with Gasteiger partial charge < -0.3 is 24.4 Å². The van der Waals surface area contributed by atoms with E-state index in [9.17, 15) is 9.59 Å². The third-order valence-corrected chi connectivity index (χ3v) is 7.88. The lowest BCUT2D eigenvalue weighted by Gasteiger charge is -2.25. The molecule has 0 aliphatic rings. The fourth-order valence-electron chi connectivity index (χ4n) is 5.37. The molecule has 0 heterocycles. The van der Waals surface area contributed by atoms with Crippen molar-refractivity contribution in [3.05, 3.63) is 156 Å². The normalized spacial score (nSPS) is 11.3. The van der Waals surface area contributed by atoms with E-state index in [1.165, 1.54) is 12.7 Å². The monoisotopic (exact) mass is 628 g/mol. The van der Waals surface area contributed by atoms with Gasteiger partial charge in [0.15, 0.2) is 5.78 Å². The second-order valence-corrected chi connectivity index (χ2v) is 11.1. The van der Waals surface area contributed by atoms with Crippen LogP contribution in [0.1, 0.15) is 33.5 Å². The molecular formula is C40H40N2O5. The zero-order valence-electron chi connectivity index (χ0n) is 26.8. The summed E-state index contributed by atoms with van der Waals surface area (Å²) in [4.78, 5) is 28.4. The number of nitrogens with zero attached hydrogens (tertiary/aromatic N) is 1. The Hall–Kier alpha value is -5.56. The number of ether oxygens (including phenoxy) is 3. The second kappa shape index (κ2) is 16.7. The number of carbonyl (C=O) groups excluding carboxylic acids is 2. The third-order valence-electron chi connectivity index (χ3n) is 7.88. The third kappa shape index (κ3) is 9.23. The summed E-state index contributed by atoms with van der Waals surface area (Å²) in [6.07, 6.45) is 1.21. The number of carbonyl (C=O) groups is 2. The van der Waals surface area contributed by atoms with Gasteiger partial charge in [-0.25, -0.2) is 4.79 Å². The maximum atomic E-state index is 13.2. The van der Waals surface area contributed by atoms with E-state index in [-0.39, 0.29) is 5.78 Å². The highest BCUT2D eigenvalue weighted by atomic mass is 16.5. The SMILES string of the molecule is COC(=O)[C@H](Cc1ccc(OCCCN(Cc2ccc(OC)cc2)c2ccccc2)cc1)Nc1ccccc1C(=O)c1ccccc1. The van der Waals surface area contributed by atoms with Crippen LogP contribution in [0, 0.1) is 0 Å². The van der Waals surface area contributed by atoms with Crippen LogP contribution >= 0.6 is 0 Å². The van der Waals surface area contributed by atoms with E-state index in [0.717, 1.165) is 42.3 Å². The highest BCUT2D eigenvalue weighted by Crippen LogP contribution is 2.23. The van der Waals surface area contributed by atoms with Gasteiger partial charge in [-0.3, -0.25) is 4.79 Å². The first-order valence-electron chi connectivity index (χ1n) is 15.7. The van der Waals surface area contributed by atoms with E-state index in [2.05, 4.69) is 46.6 Å². The van der Waals surface area contributed by atoms with Crippen molar-refractivity contribution in [1.29, 1.82) is 0 Å².